The Morgan fingerprint density at radius 2 is 1.90 bits per heavy atom. The van der Waals surface area contributed by atoms with Crippen molar-refractivity contribution in [3.63, 3.8) is 0 Å². The summed E-state index contributed by atoms with van der Waals surface area (Å²) < 4.78 is 0. The van der Waals surface area contributed by atoms with Gasteiger partial charge in [0.05, 0.1) is 6.42 Å². The molecule has 0 saturated heterocycles. The second-order valence-electron chi connectivity index (χ2n) is 5.89. The van der Waals surface area contributed by atoms with Crippen LogP contribution in [0.15, 0.2) is 24.3 Å². The minimum absolute atomic E-state index is 0.169. The van der Waals surface area contributed by atoms with E-state index in [2.05, 4.69) is 41.5 Å². The van der Waals surface area contributed by atoms with Crippen LogP contribution in [0.5, 0.6) is 0 Å². The number of aliphatic carboxylic acids is 1. The van der Waals surface area contributed by atoms with E-state index in [1.807, 2.05) is 0 Å². The Kier molecular flexibility index (Phi) is 6.05. The van der Waals surface area contributed by atoms with Crippen LogP contribution < -0.4 is 10.2 Å². The Hall–Kier alpha value is -1.55. The van der Waals surface area contributed by atoms with E-state index < -0.39 is 5.97 Å². The van der Waals surface area contributed by atoms with Crippen molar-refractivity contribution in [2.24, 2.45) is 0 Å². The van der Waals surface area contributed by atoms with Crippen LogP contribution in [0.25, 0.3) is 0 Å². The van der Waals surface area contributed by atoms with Gasteiger partial charge in [-0.25, -0.2) is 0 Å². The van der Waals surface area contributed by atoms with E-state index in [0.717, 1.165) is 6.54 Å². The van der Waals surface area contributed by atoms with Crippen LogP contribution in [0, 0.1) is 0 Å². The normalized spacial score (nSPS) is 15.9. The number of hydrogen-bond donors (Lipinski definition) is 2. The van der Waals surface area contributed by atoms with Crippen LogP contribution >= 0.6 is 0 Å². The number of carboxylic acids is 1. The first-order valence-corrected chi connectivity index (χ1v) is 7.91. The van der Waals surface area contributed by atoms with Crippen molar-refractivity contribution in [3.05, 3.63) is 29.8 Å². The highest BCUT2D eigenvalue weighted by Gasteiger charge is 2.18. The van der Waals surface area contributed by atoms with E-state index in [-0.39, 0.29) is 6.42 Å². The number of rotatable bonds is 7. The molecule has 116 valence electrons. The molecule has 1 aromatic carbocycles. The van der Waals surface area contributed by atoms with Gasteiger partial charge in [0.2, 0.25) is 0 Å². The summed E-state index contributed by atoms with van der Waals surface area (Å²) in [6.45, 7) is 1.24. The summed E-state index contributed by atoms with van der Waals surface area (Å²) in [4.78, 5) is 12.8. The number of carboxylic acid groups (broad SMARTS) is 1. The average molecular weight is 290 g/mol. The zero-order valence-electron chi connectivity index (χ0n) is 12.8. The lowest BCUT2D eigenvalue weighted by atomic mass is 9.94. The van der Waals surface area contributed by atoms with Gasteiger partial charge in [-0.1, -0.05) is 31.4 Å². The molecular formula is C17H26N2O2. The van der Waals surface area contributed by atoms with Crippen molar-refractivity contribution < 1.29 is 9.90 Å². The van der Waals surface area contributed by atoms with E-state index in [9.17, 15) is 4.79 Å². The lowest BCUT2D eigenvalue weighted by Crippen LogP contribution is -2.33. The standard InChI is InChI=1S/C17H26N2O2/c1-19(15-5-3-2-4-6-15)16-9-7-14(8-10-16)13-18-12-11-17(20)21/h7-10,15,18H,2-6,11-13H2,1H3,(H,20,21). The minimum Gasteiger partial charge on any atom is -0.481 e. The fraction of sp³-hybridized carbons (Fsp3) is 0.588. The van der Waals surface area contributed by atoms with Crippen molar-refractivity contribution in [1.82, 2.24) is 5.32 Å². The highest BCUT2D eigenvalue weighted by Crippen LogP contribution is 2.26. The van der Waals surface area contributed by atoms with E-state index >= 15 is 0 Å². The molecule has 4 heteroatoms. The molecule has 0 atom stereocenters. The van der Waals surface area contributed by atoms with Gasteiger partial charge in [-0.15, -0.1) is 0 Å². The molecule has 2 N–H and O–H groups in total. The van der Waals surface area contributed by atoms with Crippen LogP contribution in [0.3, 0.4) is 0 Å². The SMILES string of the molecule is CN(c1ccc(CNCCC(=O)O)cc1)C1CCCCC1. The quantitative estimate of drug-likeness (QED) is 0.758. The topological polar surface area (TPSA) is 52.6 Å². The molecule has 0 aliphatic heterocycles. The van der Waals surface area contributed by atoms with E-state index in [0.29, 0.717) is 12.6 Å². The molecule has 0 amide bonds. The Labute approximate surface area is 127 Å². The van der Waals surface area contributed by atoms with Gasteiger partial charge in [0.1, 0.15) is 0 Å². The smallest absolute Gasteiger partial charge is 0.304 e. The predicted octanol–water partition coefficient (Wildman–Crippen LogP) is 3.02. The molecule has 0 radical (unpaired) electrons. The lowest BCUT2D eigenvalue weighted by Gasteiger charge is -2.33. The molecule has 1 saturated carbocycles. The zero-order chi connectivity index (χ0) is 15.1. The third-order valence-electron chi connectivity index (χ3n) is 4.31. The first kappa shape index (κ1) is 15.8. The Morgan fingerprint density at radius 1 is 1.24 bits per heavy atom. The van der Waals surface area contributed by atoms with Gasteiger partial charge >= 0.3 is 5.97 Å². The summed E-state index contributed by atoms with van der Waals surface area (Å²) >= 11 is 0. The Morgan fingerprint density at radius 3 is 2.52 bits per heavy atom. The number of hydrogen-bond acceptors (Lipinski definition) is 3. The molecule has 1 fully saturated rings. The van der Waals surface area contributed by atoms with Crippen LogP contribution in [0.4, 0.5) is 5.69 Å². The highest BCUT2D eigenvalue weighted by atomic mass is 16.4. The number of nitrogens with one attached hydrogen (secondary N) is 1. The van der Waals surface area contributed by atoms with Crippen LogP contribution in [-0.2, 0) is 11.3 Å². The highest BCUT2D eigenvalue weighted by molar-refractivity contribution is 5.66. The van der Waals surface area contributed by atoms with Gasteiger partial charge in [-0.05, 0) is 30.5 Å². The molecule has 0 heterocycles. The number of nitrogens with zero attached hydrogens (tertiary/aromatic N) is 1. The first-order chi connectivity index (χ1) is 10.2. The van der Waals surface area contributed by atoms with Crippen molar-refractivity contribution >= 4 is 11.7 Å². The van der Waals surface area contributed by atoms with Crippen LogP contribution in [0.2, 0.25) is 0 Å². The van der Waals surface area contributed by atoms with Gasteiger partial charge in [-0.3, -0.25) is 4.79 Å². The Bertz CT molecular complexity index is 439. The molecule has 0 bridgehead atoms. The molecule has 4 nitrogen and oxygen atoms in total. The van der Waals surface area contributed by atoms with Crippen molar-refractivity contribution in [2.45, 2.75) is 51.1 Å². The fourth-order valence-electron chi connectivity index (χ4n) is 2.96. The molecule has 2 rings (SSSR count). The second-order valence-corrected chi connectivity index (χ2v) is 5.89. The van der Waals surface area contributed by atoms with Gasteiger partial charge in [-0.2, -0.15) is 0 Å². The van der Waals surface area contributed by atoms with Crippen molar-refractivity contribution in [1.29, 1.82) is 0 Å². The van der Waals surface area contributed by atoms with Gasteiger partial charge in [0.25, 0.3) is 0 Å². The number of anilines is 1. The van der Waals surface area contributed by atoms with E-state index in [4.69, 9.17) is 5.11 Å². The lowest BCUT2D eigenvalue weighted by molar-refractivity contribution is -0.136. The minimum atomic E-state index is -0.757. The third kappa shape index (κ3) is 5.05. The maximum absolute atomic E-state index is 10.4. The molecule has 0 aromatic heterocycles. The molecule has 0 unspecified atom stereocenters. The van der Waals surface area contributed by atoms with Gasteiger partial charge < -0.3 is 15.3 Å². The van der Waals surface area contributed by atoms with Crippen LogP contribution in [0.1, 0.15) is 44.1 Å². The molecule has 0 spiro atoms. The molecule has 1 aliphatic carbocycles. The number of benzene rings is 1. The summed E-state index contributed by atoms with van der Waals surface area (Å²) in [6.07, 6.45) is 6.85. The Balaban J connectivity index is 1.81. The van der Waals surface area contributed by atoms with E-state index in [1.165, 1.54) is 43.4 Å². The second kappa shape index (κ2) is 8.03. The molecule has 1 aliphatic rings. The van der Waals surface area contributed by atoms with Gasteiger partial charge in [0.15, 0.2) is 0 Å². The summed E-state index contributed by atoms with van der Waals surface area (Å²) in [5.41, 5.74) is 2.47. The largest absolute Gasteiger partial charge is 0.481 e. The maximum atomic E-state index is 10.4. The van der Waals surface area contributed by atoms with E-state index in [1.54, 1.807) is 0 Å². The van der Waals surface area contributed by atoms with Crippen molar-refractivity contribution in [2.75, 3.05) is 18.5 Å². The fourth-order valence-corrected chi connectivity index (χ4v) is 2.96. The molecular weight excluding hydrogens is 264 g/mol. The monoisotopic (exact) mass is 290 g/mol. The molecule has 21 heavy (non-hydrogen) atoms. The summed E-state index contributed by atoms with van der Waals surface area (Å²) in [7, 11) is 2.19. The summed E-state index contributed by atoms with van der Waals surface area (Å²) in [5.74, 6) is -0.757. The summed E-state index contributed by atoms with van der Waals surface area (Å²) in [5, 5.41) is 11.7. The number of carbonyl (C=O) groups is 1. The summed E-state index contributed by atoms with van der Waals surface area (Å²) in [6, 6.07) is 9.27. The van der Waals surface area contributed by atoms with Crippen LogP contribution in [-0.4, -0.2) is 30.7 Å². The maximum Gasteiger partial charge on any atom is 0.304 e. The average Bonchev–Trinajstić information content (AvgIpc) is 2.52. The van der Waals surface area contributed by atoms with Gasteiger partial charge in [0, 0.05) is 31.9 Å². The molecule has 1 aromatic rings. The third-order valence-corrected chi connectivity index (χ3v) is 4.31. The predicted molar refractivity (Wildman–Crippen MR) is 85.7 cm³/mol. The zero-order valence-corrected chi connectivity index (χ0v) is 12.8. The first-order valence-electron chi connectivity index (χ1n) is 7.91. The van der Waals surface area contributed by atoms with Crippen molar-refractivity contribution in [3.8, 4) is 0 Å².